The molecule has 2 N–H and O–H groups in total. The number of hydrogen-bond acceptors (Lipinski definition) is 5. The highest BCUT2D eigenvalue weighted by Gasteiger charge is 2.34. The third kappa shape index (κ3) is 6.80. The molecule has 0 radical (unpaired) electrons. The summed E-state index contributed by atoms with van der Waals surface area (Å²) in [5.74, 6) is 2.03. The molecule has 1 aromatic heterocycles. The predicted molar refractivity (Wildman–Crippen MR) is 146 cm³/mol. The van der Waals surface area contributed by atoms with Crippen molar-refractivity contribution in [1.29, 1.82) is 0 Å². The predicted octanol–water partition coefficient (Wildman–Crippen LogP) is 3.30. The van der Waals surface area contributed by atoms with Crippen molar-refractivity contribution in [3.05, 3.63) is 60.3 Å². The van der Waals surface area contributed by atoms with Crippen LogP contribution in [0.1, 0.15) is 31.4 Å². The smallest absolute Gasteiger partial charge is 0.193 e. The molecule has 4 rings (SSSR count). The van der Waals surface area contributed by atoms with Gasteiger partial charge >= 0.3 is 0 Å². The number of rotatable bonds is 6. The van der Waals surface area contributed by atoms with Gasteiger partial charge in [0.25, 0.3) is 0 Å². The Morgan fingerprint density at radius 2 is 1.76 bits per heavy atom. The molecule has 33 heavy (non-hydrogen) atoms. The Morgan fingerprint density at radius 1 is 1.06 bits per heavy atom. The van der Waals surface area contributed by atoms with Gasteiger partial charge in [-0.05, 0) is 37.5 Å². The second-order valence-corrected chi connectivity index (χ2v) is 8.73. The molecule has 1 atom stereocenters. The van der Waals surface area contributed by atoms with Crippen molar-refractivity contribution in [2.24, 2.45) is 4.99 Å². The van der Waals surface area contributed by atoms with Gasteiger partial charge in [-0.15, -0.1) is 24.0 Å². The number of ether oxygens (including phenoxy) is 1. The van der Waals surface area contributed by atoms with Crippen LogP contribution in [0.5, 0.6) is 0 Å². The summed E-state index contributed by atoms with van der Waals surface area (Å²) in [6.07, 6.45) is 3.84. The van der Waals surface area contributed by atoms with Crippen LogP contribution in [0, 0.1) is 0 Å². The van der Waals surface area contributed by atoms with Crippen LogP contribution >= 0.6 is 24.0 Å². The summed E-state index contributed by atoms with van der Waals surface area (Å²) in [4.78, 5) is 13.8. The molecule has 0 amide bonds. The maximum absolute atomic E-state index is 5.70. The normalized spacial score (nSPS) is 19.5. The Bertz CT molecular complexity index is 852. The number of aliphatic imine (C=N–C) groups is 1. The van der Waals surface area contributed by atoms with Crippen LogP contribution < -0.4 is 15.5 Å². The lowest BCUT2D eigenvalue weighted by Gasteiger charge is -2.42. The number of halogens is 1. The van der Waals surface area contributed by atoms with Gasteiger partial charge < -0.3 is 25.2 Å². The van der Waals surface area contributed by atoms with E-state index >= 15 is 0 Å². The minimum atomic E-state index is -0.0147. The van der Waals surface area contributed by atoms with E-state index in [0.29, 0.717) is 0 Å². The van der Waals surface area contributed by atoms with E-state index in [1.807, 2.05) is 25.4 Å². The summed E-state index contributed by atoms with van der Waals surface area (Å²) in [6, 6.07) is 17.0. The molecule has 2 aromatic rings. The Labute approximate surface area is 215 Å². The molecule has 0 bridgehead atoms. The molecular weight excluding hydrogens is 527 g/mol. The van der Waals surface area contributed by atoms with Gasteiger partial charge in [0.2, 0.25) is 0 Å². The molecule has 2 aliphatic heterocycles. The van der Waals surface area contributed by atoms with Crippen molar-refractivity contribution in [2.45, 2.75) is 31.3 Å². The van der Waals surface area contributed by atoms with E-state index in [4.69, 9.17) is 4.74 Å². The first kappa shape index (κ1) is 25.7. The number of piperazine rings is 1. The summed E-state index contributed by atoms with van der Waals surface area (Å²) in [7, 11) is 1.88. The van der Waals surface area contributed by atoms with Gasteiger partial charge in [0.05, 0.1) is 0 Å². The number of aromatic nitrogens is 1. The van der Waals surface area contributed by atoms with Crippen LogP contribution in [0.3, 0.4) is 0 Å². The molecule has 180 valence electrons. The molecule has 3 heterocycles. The summed E-state index contributed by atoms with van der Waals surface area (Å²) < 4.78 is 5.70. The largest absolute Gasteiger partial charge is 0.381 e. The number of pyridine rings is 1. The molecule has 2 aliphatic rings. The lowest BCUT2D eigenvalue weighted by atomic mass is 9.88. The maximum atomic E-state index is 5.70. The van der Waals surface area contributed by atoms with Gasteiger partial charge in [-0.1, -0.05) is 36.4 Å². The van der Waals surface area contributed by atoms with Gasteiger partial charge in [-0.25, -0.2) is 4.98 Å². The Kier molecular flexibility index (Phi) is 9.76. The molecule has 8 heteroatoms. The van der Waals surface area contributed by atoms with Gasteiger partial charge in [-0.3, -0.25) is 4.99 Å². The third-order valence-corrected chi connectivity index (χ3v) is 6.62. The monoisotopic (exact) mass is 564 g/mol. The average Bonchev–Trinajstić information content (AvgIpc) is 2.86. The molecule has 0 aliphatic carbocycles. The van der Waals surface area contributed by atoms with Crippen molar-refractivity contribution in [1.82, 2.24) is 20.5 Å². The summed E-state index contributed by atoms with van der Waals surface area (Å²) in [5.41, 5.74) is 1.30. The van der Waals surface area contributed by atoms with Crippen LogP contribution in [-0.2, 0) is 4.74 Å². The number of anilines is 1. The van der Waals surface area contributed by atoms with Crippen molar-refractivity contribution in [3.63, 3.8) is 0 Å². The lowest BCUT2D eigenvalue weighted by Crippen LogP contribution is -2.60. The van der Waals surface area contributed by atoms with Crippen LogP contribution in [0.2, 0.25) is 0 Å². The Balaban J connectivity index is 0.00000306. The molecular formula is C25H37IN6O. The zero-order valence-electron chi connectivity index (χ0n) is 19.7. The molecule has 2 fully saturated rings. The zero-order chi connectivity index (χ0) is 22.2. The molecule has 0 saturated carbocycles. The van der Waals surface area contributed by atoms with E-state index in [0.717, 1.165) is 70.6 Å². The standard InChI is InChI=1S/C25H36N6O.HI/c1-21(22-8-4-3-5-9-22)29-25(11-18-32-19-12-25)20-28-24(26-2)31-16-14-30(15-17-31)23-10-6-7-13-27-23;/h3-10,13,21,29H,11-12,14-20H2,1-2H3,(H,26,28);1H. The second-order valence-electron chi connectivity index (χ2n) is 8.73. The van der Waals surface area contributed by atoms with Crippen molar-refractivity contribution < 1.29 is 4.74 Å². The van der Waals surface area contributed by atoms with Gasteiger partial charge in [0, 0.05) is 70.8 Å². The Morgan fingerprint density at radius 3 is 2.39 bits per heavy atom. The van der Waals surface area contributed by atoms with E-state index < -0.39 is 0 Å². The average molecular weight is 565 g/mol. The van der Waals surface area contributed by atoms with Gasteiger partial charge in [0.15, 0.2) is 5.96 Å². The van der Waals surface area contributed by atoms with Crippen molar-refractivity contribution >= 4 is 35.8 Å². The molecule has 1 unspecified atom stereocenters. The Hall–Kier alpha value is -1.91. The molecule has 7 nitrogen and oxygen atoms in total. The lowest BCUT2D eigenvalue weighted by molar-refractivity contribution is 0.0352. The van der Waals surface area contributed by atoms with Gasteiger partial charge in [-0.2, -0.15) is 0 Å². The highest BCUT2D eigenvalue weighted by Crippen LogP contribution is 2.25. The highest BCUT2D eigenvalue weighted by atomic mass is 127. The quantitative estimate of drug-likeness (QED) is 0.319. The van der Waals surface area contributed by atoms with Crippen LogP contribution in [0.25, 0.3) is 0 Å². The van der Waals surface area contributed by atoms with Crippen molar-refractivity contribution in [2.75, 3.05) is 57.9 Å². The summed E-state index contributed by atoms with van der Waals surface area (Å²) in [5, 5.41) is 7.61. The number of benzene rings is 1. The summed E-state index contributed by atoms with van der Waals surface area (Å²) in [6.45, 7) is 8.41. The van der Waals surface area contributed by atoms with Crippen molar-refractivity contribution in [3.8, 4) is 0 Å². The number of nitrogens with one attached hydrogen (secondary N) is 2. The minimum absolute atomic E-state index is 0. The first-order valence-electron chi connectivity index (χ1n) is 11.7. The molecule has 1 aromatic carbocycles. The fourth-order valence-electron chi connectivity index (χ4n) is 4.69. The third-order valence-electron chi connectivity index (χ3n) is 6.62. The SMILES string of the molecule is CN=C(NCC1(NC(C)c2ccccc2)CCOCC1)N1CCN(c2ccccn2)CC1.I. The van der Waals surface area contributed by atoms with Gasteiger partial charge in [0.1, 0.15) is 5.82 Å². The molecule has 0 spiro atoms. The zero-order valence-corrected chi connectivity index (χ0v) is 22.1. The number of hydrogen-bond donors (Lipinski definition) is 2. The maximum Gasteiger partial charge on any atom is 0.193 e. The van der Waals surface area contributed by atoms with Crippen LogP contribution in [0.4, 0.5) is 5.82 Å². The van der Waals surface area contributed by atoms with E-state index in [-0.39, 0.29) is 35.6 Å². The highest BCUT2D eigenvalue weighted by molar-refractivity contribution is 14.0. The minimum Gasteiger partial charge on any atom is -0.381 e. The first-order chi connectivity index (χ1) is 15.7. The fourth-order valence-corrected chi connectivity index (χ4v) is 4.69. The van der Waals surface area contributed by atoms with E-state index in [9.17, 15) is 0 Å². The van der Waals surface area contributed by atoms with Crippen LogP contribution in [-0.4, -0.2) is 74.4 Å². The number of nitrogens with zero attached hydrogens (tertiary/aromatic N) is 4. The second kappa shape index (κ2) is 12.5. The van der Waals surface area contributed by atoms with E-state index in [2.05, 4.69) is 73.7 Å². The number of guanidine groups is 1. The van der Waals surface area contributed by atoms with E-state index in [1.165, 1.54) is 5.56 Å². The van der Waals surface area contributed by atoms with Crippen LogP contribution in [0.15, 0.2) is 59.7 Å². The fraction of sp³-hybridized carbons (Fsp3) is 0.520. The topological polar surface area (TPSA) is 65.0 Å². The molecule has 2 saturated heterocycles. The van der Waals surface area contributed by atoms with E-state index in [1.54, 1.807) is 0 Å². The summed E-state index contributed by atoms with van der Waals surface area (Å²) >= 11 is 0. The first-order valence-corrected chi connectivity index (χ1v) is 11.7.